The van der Waals surface area contributed by atoms with E-state index in [-0.39, 0.29) is 18.3 Å². The Morgan fingerprint density at radius 1 is 1.55 bits per heavy atom. The molecule has 0 amide bonds. The summed E-state index contributed by atoms with van der Waals surface area (Å²) >= 11 is 0. The molecule has 4 nitrogen and oxygen atoms in total. The van der Waals surface area contributed by atoms with Crippen molar-refractivity contribution in [2.75, 3.05) is 12.9 Å². The third-order valence-corrected chi connectivity index (χ3v) is 2.16. The molecular weight excluding hydrogens is 168 g/mol. The minimum Gasteiger partial charge on any atom is -0.364 e. The van der Waals surface area contributed by atoms with Crippen LogP contribution in [0.15, 0.2) is 0 Å². The van der Waals surface area contributed by atoms with Crippen molar-refractivity contribution in [3.05, 3.63) is 0 Å². The Kier molecular flexibility index (Phi) is 1.98. The van der Waals surface area contributed by atoms with E-state index in [9.17, 15) is 8.42 Å². The SMILES string of the molecule is CC1(C)OC1COS(C)(=O)=O. The van der Waals surface area contributed by atoms with Crippen LogP contribution in [0.2, 0.25) is 0 Å². The first-order chi connectivity index (χ1) is 4.81. The van der Waals surface area contributed by atoms with Crippen molar-refractivity contribution in [1.29, 1.82) is 0 Å². The first-order valence-corrected chi connectivity index (χ1v) is 5.15. The van der Waals surface area contributed by atoms with E-state index in [4.69, 9.17) is 4.74 Å². The van der Waals surface area contributed by atoms with Crippen LogP contribution in [0.3, 0.4) is 0 Å². The van der Waals surface area contributed by atoms with Gasteiger partial charge in [-0.15, -0.1) is 0 Å². The minimum atomic E-state index is -3.31. The molecule has 0 aromatic carbocycles. The first-order valence-electron chi connectivity index (χ1n) is 3.33. The standard InChI is InChI=1S/C6H12O4S/c1-6(2)5(10-6)4-9-11(3,7)8/h5H,4H2,1-3H3. The van der Waals surface area contributed by atoms with Gasteiger partial charge in [-0.3, -0.25) is 4.18 Å². The van der Waals surface area contributed by atoms with Gasteiger partial charge in [-0.25, -0.2) is 0 Å². The molecule has 1 rings (SSSR count). The van der Waals surface area contributed by atoms with E-state index in [1.807, 2.05) is 13.8 Å². The highest BCUT2D eigenvalue weighted by Gasteiger charge is 2.48. The summed E-state index contributed by atoms with van der Waals surface area (Å²) in [6, 6.07) is 0. The molecule has 1 aliphatic rings. The first kappa shape index (κ1) is 8.96. The van der Waals surface area contributed by atoms with E-state index in [0.29, 0.717) is 0 Å². The number of rotatable bonds is 3. The van der Waals surface area contributed by atoms with Crippen molar-refractivity contribution in [3.8, 4) is 0 Å². The summed E-state index contributed by atoms with van der Waals surface area (Å²) < 4.78 is 30.6. The molecule has 5 heteroatoms. The molecule has 1 atom stereocenters. The molecule has 0 saturated carbocycles. The predicted octanol–water partition coefficient (Wildman–Crippen LogP) is 0.140. The van der Waals surface area contributed by atoms with Gasteiger partial charge in [0.15, 0.2) is 0 Å². The number of hydrogen-bond donors (Lipinski definition) is 0. The number of hydrogen-bond acceptors (Lipinski definition) is 4. The van der Waals surface area contributed by atoms with Crippen LogP contribution >= 0.6 is 0 Å². The molecule has 0 aromatic heterocycles. The van der Waals surface area contributed by atoms with E-state index in [1.165, 1.54) is 0 Å². The minimum absolute atomic E-state index is 0.0720. The molecule has 0 N–H and O–H groups in total. The van der Waals surface area contributed by atoms with Crippen molar-refractivity contribution in [3.63, 3.8) is 0 Å². The maximum Gasteiger partial charge on any atom is 0.264 e. The van der Waals surface area contributed by atoms with Gasteiger partial charge in [-0.1, -0.05) is 0 Å². The molecule has 1 saturated heterocycles. The maximum atomic E-state index is 10.5. The molecular formula is C6H12O4S. The van der Waals surface area contributed by atoms with Gasteiger partial charge < -0.3 is 4.74 Å². The van der Waals surface area contributed by atoms with Gasteiger partial charge in [-0.2, -0.15) is 8.42 Å². The Labute approximate surface area is 66.6 Å². The maximum absolute atomic E-state index is 10.5. The van der Waals surface area contributed by atoms with Crippen LogP contribution < -0.4 is 0 Å². The number of ether oxygens (including phenoxy) is 1. The topological polar surface area (TPSA) is 55.9 Å². The summed E-state index contributed by atoms with van der Waals surface area (Å²) in [5.41, 5.74) is -0.204. The lowest BCUT2D eigenvalue weighted by Gasteiger charge is -1.97. The normalized spacial score (nSPS) is 28.5. The van der Waals surface area contributed by atoms with Gasteiger partial charge >= 0.3 is 0 Å². The van der Waals surface area contributed by atoms with E-state index in [0.717, 1.165) is 6.26 Å². The average Bonchev–Trinajstić information content (AvgIpc) is 2.33. The molecule has 0 aliphatic carbocycles. The highest BCUT2D eigenvalue weighted by Crippen LogP contribution is 2.35. The summed E-state index contributed by atoms with van der Waals surface area (Å²) in [5, 5.41) is 0. The molecule has 0 spiro atoms. The molecule has 0 bridgehead atoms. The lowest BCUT2D eigenvalue weighted by molar-refractivity contribution is 0.259. The van der Waals surface area contributed by atoms with Crippen molar-refractivity contribution >= 4 is 10.1 Å². The smallest absolute Gasteiger partial charge is 0.264 e. The quantitative estimate of drug-likeness (QED) is 0.458. The average molecular weight is 180 g/mol. The Hall–Kier alpha value is -0.130. The predicted molar refractivity (Wildman–Crippen MR) is 39.7 cm³/mol. The molecule has 66 valence electrons. The molecule has 11 heavy (non-hydrogen) atoms. The highest BCUT2D eigenvalue weighted by atomic mass is 32.2. The largest absolute Gasteiger partial charge is 0.364 e. The van der Waals surface area contributed by atoms with Crippen LogP contribution in [0, 0.1) is 0 Å². The summed E-state index contributed by atoms with van der Waals surface area (Å²) in [7, 11) is -3.31. The van der Waals surface area contributed by atoms with E-state index in [1.54, 1.807) is 0 Å². The highest BCUT2D eigenvalue weighted by molar-refractivity contribution is 7.85. The van der Waals surface area contributed by atoms with Crippen LogP contribution in [-0.4, -0.2) is 33.0 Å². The fourth-order valence-corrected chi connectivity index (χ4v) is 1.12. The van der Waals surface area contributed by atoms with Crippen molar-refractivity contribution in [2.45, 2.75) is 25.6 Å². The van der Waals surface area contributed by atoms with Gasteiger partial charge in [-0.05, 0) is 13.8 Å². The van der Waals surface area contributed by atoms with Crippen molar-refractivity contribution < 1.29 is 17.3 Å². The van der Waals surface area contributed by atoms with E-state index in [2.05, 4.69) is 4.18 Å². The van der Waals surface area contributed by atoms with Gasteiger partial charge in [0.2, 0.25) is 0 Å². The Bertz CT molecular complexity index is 241. The summed E-state index contributed by atoms with van der Waals surface area (Å²) in [4.78, 5) is 0. The van der Waals surface area contributed by atoms with E-state index >= 15 is 0 Å². The molecule has 0 radical (unpaired) electrons. The lowest BCUT2D eigenvalue weighted by Crippen LogP contribution is -2.13. The molecule has 0 aromatic rings. The second-order valence-corrected chi connectivity index (χ2v) is 4.84. The second kappa shape index (κ2) is 2.43. The zero-order valence-electron chi connectivity index (χ0n) is 6.83. The van der Waals surface area contributed by atoms with Crippen LogP contribution in [0.1, 0.15) is 13.8 Å². The molecule has 1 heterocycles. The zero-order valence-corrected chi connectivity index (χ0v) is 7.64. The van der Waals surface area contributed by atoms with Crippen LogP contribution in [0.5, 0.6) is 0 Å². The fraction of sp³-hybridized carbons (Fsp3) is 1.00. The van der Waals surface area contributed by atoms with Crippen LogP contribution in [-0.2, 0) is 19.0 Å². The zero-order chi connectivity index (χ0) is 8.70. The van der Waals surface area contributed by atoms with Crippen molar-refractivity contribution in [1.82, 2.24) is 0 Å². The third-order valence-electron chi connectivity index (χ3n) is 1.60. The van der Waals surface area contributed by atoms with Crippen LogP contribution in [0.25, 0.3) is 0 Å². The third kappa shape index (κ3) is 2.76. The van der Waals surface area contributed by atoms with E-state index < -0.39 is 10.1 Å². The molecule has 1 unspecified atom stereocenters. The number of epoxide rings is 1. The van der Waals surface area contributed by atoms with Gasteiger partial charge in [0.05, 0.1) is 18.5 Å². The van der Waals surface area contributed by atoms with Crippen molar-refractivity contribution in [2.24, 2.45) is 0 Å². The summed E-state index contributed by atoms with van der Waals surface area (Å²) in [5.74, 6) is 0. The van der Waals surface area contributed by atoms with Gasteiger partial charge in [0.25, 0.3) is 10.1 Å². The van der Waals surface area contributed by atoms with Gasteiger partial charge in [0.1, 0.15) is 6.10 Å². The Morgan fingerprint density at radius 3 is 2.27 bits per heavy atom. The molecule has 1 fully saturated rings. The fourth-order valence-electron chi connectivity index (χ4n) is 0.753. The molecule has 1 aliphatic heterocycles. The second-order valence-electron chi connectivity index (χ2n) is 3.20. The Morgan fingerprint density at radius 2 is 2.00 bits per heavy atom. The monoisotopic (exact) mass is 180 g/mol. The lowest BCUT2D eigenvalue weighted by atomic mass is 10.1. The summed E-state index contributed by atoms with van der Waals surface area (Å²) in [6.07, 6.45) is 0.958. The summed E-state index contributed by atoms with van der Waals surface area (Å²) in [6.45, 7) is 3.92. The van der Waals surface area contributed by atoms with Gasteiger partial charge in [0, 0.05) is 0 Å². The Balaban J connectivity index is 2.27. The van der Waals surface area contributed by atoms with Crippen LogP contribution in [0.4, 0.5) is 0 Å².